The van der Waals surface area contributed by atoms with Crippen LogP contribution in [0.4, 0.5) is 13.6 Å². The second-order valence-corrected chi connectivity index (χ2v) is 7.40. The molecule has 136 valence electrons. The zero-order chi connectivity index (χ0) is 18.2. The van der Waals surface area contributed by atoms with Gasteiger partial charge in [0.15, 0.2) is 11.6 Å². The Balaban J connectivity index is 1.53. The summed E-state index contributed by atoms with van der Waals surface area (Å²) in [4.78, 5) is 27.3. The highest BCUT2D eigenvalue weighted by atomic mass is 19.2. The third-order valence-corrected chi connectivity index (χ3v) is 5.26. The molecule has 0 aromatic heterocycles. The third-order valence-electron chi connectivity index (χ3n) is 5.26. The summed E-state index contributed by atoms with van der Waals surface area (Å²) in [6.45, 7) is 1.25. The van der Waals surface area contributed by atoms with Crippen molar-refractivity contribution in [1.82, 2.24) is 15.1 Å². The smallest absolute Gasteiger partial charge is 0.317 e. The van der Waals surface area contributed by atoms with Gasteiger partial charge in [-0.05, 0) is 30.7 Å². The van der Waals surface area contributed by atoms with Crippen molar-refractivity contribution in [3.05, 3.63) is 35.4 Å². The molecule has 1 aliphatic carbocycles. The Morgan fingerprint density at radius 3 is 2.72 bits per heavy atom. The van der Waals surface area contributed by atoms with E-state index in [4.69, 9.17) is 0 Å². The van der Waals surface area contributed by atoms with Crippen molar-refractivity contribution in [3.63, 3.8) is 0 Å². The Bertz CT molecular complexity index is 687. The summed E-state index contributed by atoms with van der Waals surface area (Å²) < 4.78 is 27.0. The Kier molecular flexibility index (Phi) is 4.67. The molecule has 0 radical (unpaired) electrons. The number of carbonyl (C=O) groups is 2. The van der Waals surface area contributed by atoms with E-state index in [1.54, 1.807) is 19.0 Å². The van der Waals surface area contributed by atoms with Crippen LogP contribution in [0.5, 0.6) is 0 Å². The van der Waals surface area contributed by atoms with Crippen LogP contribution in [-0.2, 0) is 11.2 Å². The number of hydrogen-bond acceptors (Lipinski definition) is 2. The first-order valence-electron chi connectivity index (χ1n) is 8.48. The normalized spacial score (nSPS) is 25.0. The predicted octanol–water partition coefficient (Wildman–Crippen LogP) is 2.16. The van der Waals surface area contributed by atoms with Crippen LogP contribution in [0.3, 0.4) is 0 Å². The maximum atomic E-state index is 13.7. The quantitative estimate of drug-likeness (QED) is 0.907. The molecule has 25 heavy (non-hydrogen) atoms. The number of urea groups is 1. The first-order valence-corrected chi connectivity index (χ1v) is 8.48. The number of hydrogen-bond donors (Lipinski definition) is 1. The Labute approximate surface area is 146 Å². The highest BCUT2D eigenvalue weighted by molar-refractivity contribution is 5.79. The van der Waals surface area contributed by atoms with Gasteiger partial charge in [0.1, 0.15) is 0 Å². The van der Waals surface area contributed by atoms with E-state index in [1.165, 1.54) is 17.0 Å². The van der Waals surface area contributed by atoms with Gasteiger partial charge in [0.2, 0.25) is 5.91 Å². The number of rotatable bonds is 3. The summed E-state index contributed by atoms with van der Waals surface area (Å²) in [6, 6.07) is 3.94. The van der Waals surface area contributed by atoms with Gasteiger partial charge in [0.05, 0.1) is 6.42 Å². The zero-order valence-electron chi connectivity index (χ0n) is 14.5. The van der Waals surface area contributed by atoms with Crippen molar-refractivity contribution >= 4 is 11.9 Å². The largest absolute Gasteiger partial charge is 0.342 e. The average molecular weight is 351 g/mol. The number of carbonyl (C=O) groups excluding carboxylic acids is 2. The van der Waals surface area contributed by atoms with Crippen molar-refractivity contribution in [2.45, 2.75) is 31.7 Å². The van der Waals surface area contributed by atoms with E-state index in [9.17, 15) is 18.4 Å². The van der Waals surface area contributed by atoms with Crippen molar-refractivity contribution in [2.24, 2.45) is 5.41 Å². The minimum atomic E-state index is -0.945. The second-order valence-electron chi connectivity index (χ2n) is 7.40. The molecule has 1 spiro atoms. The maximum Gasteiger partial charge on any atom is 0.317 e. The minimum Gasteiger partial charge on any atom is -0.342 e. The molecule has 0 atom stereocenters. The van der Waals surface area contributed by atoms with Crippen LogP contribution in [-0.4, -0.2) is 55.0 Å². The van der Waals surface area contributed by atoms with Gasteiger partial charge in [-0.1, -0.05) is 12.1 Å². The molecule has 2 aliphatic rings. The summed E-state index contributed by atoms with van der Waals surface area (Å²) >= 11 is 0. The van der Waals surface area contributed by atoms with Gasteiger partial charge >= 0.3 is 6.03 Å². The fraction of sp³-hybridized carbons (Fsp3) is 0.556. The molecular weight excluding hydrogens is 328 g/mol. The molecule has 0 bridgehead atoms. The van der Waals surface area contributed by atoms with Crippen molar-refractivity contribution in [3.8, 4) is 0 Å². The molecule has 3 rings (SSSR count). The van der Waals surface area contributed by atoms with Crippen LogP contribution in [0.1, 0.15) is 24.8 Å². The Morgan fingerprint density at radius 2 is 2.04 bits per heavy atom. The molecule has 1 aliphatic heterocycles. The lowest BCUT2D eigenvalue weighted by molar-refractivity contribution is -0.130. The zero-order valence-corrected chi connectivity index (χ0v) is 14.5. The standard InChI is InChI=1S/C18H23F2N3O2/c1-22(2)17(25)21-13-9-18(10-13)6-7-23(11-18)15(24)8-12-4-3-5-14(19)16(12)20/h3-5,13H,6-11H2,1-2H3,(H,21,25). The first-order chi connectivity index (χ1) is 11.8. The molecule has 1 aromatic carbocycles. The van der Waals surface area contributed by atoms with E-state index < -0.39 is 11.6 Å². The van der Waals surface area contributed by atoms with Crippen LogP contribution < -0.4 is 5.32 Å². The maximum absolute atomic E-state index is 13.7. The van der Waals surface area contributed by atoms with Gasteiger partial charge in [-0.15, -0.1) is 0 Å². The molecule has 7 heteroatoms. The van der Waals surface area contributed by atoms with Crippen molar-refractivity contribution < 1.29 is 18.4 Å². The molecule has 1 saturated carbocycles. The lowest BCUT2D eigenvalue weighted by atomic mass is 9.65. The fourth-order valence-electron chi connectivity index (χ4n) is 3.83. The Morgan fingerprint density at radius 1 is 1.32 bits per heavy atom. The van der Waals surface area contributed by atoms with Gasteiger partial charge < -0.3 is 15.1 Å². The molecule has 3 amide bonds. The molecule has 1 heterocycles. The molecule has 1 saturated heterocycles. The molecule has 5 nitrogen and oxygen atoms in total. The Hall–Kier alpha value is -2.18. The van der Waals surface area contributed by atoms with Crippen LogP contribution in [0.15, 0.2) is 18.2 Å². The number of amides is 3. The van der Waals surface area contributed by atoms with E-state index in [0.717, 1.165) is 25.3 Å². The number of halogens is 2. The van der Waals surface area contributed by atoms with E-state index in [0.29, 0.717) is 13.1 Å². The second kappa shape index (κ2) is 6.61. The van der Waals surface area contributed by atoms with Crippen LogP contribution in [0, 0.1) is 17.0 Å². The number of nitrogens with zero attached hydrogens (tertiary/aromatic N) is 2. The lowest BCUT2D eigenvalue weighted by Crippen LogP contribution is -2.54. The SMILES string of the molecule is CN(C)C(=O)NC1CC2(CCN(C(=O)Cc3cccc(F)c3F)C2)C1. The van der Waals surface area contributed by atoms with Gasteiger partial charge in [0, 0.05) is 38.8 Å². The van der Waals surface area contributed by atoms with Gasteiger partial charge in [-0.3, -0.25) is 4.79 Å². The topological polar surface area (TPSA) is 52.7 Å². The van der Waals surface area contributed by atoms with Gasteiger partial charge in [-0.25, -0.2) is 13.6 Å². The molecule has 1 N–H and O–H groups in total. The lowest BCUT2D eigenvalue weighted by Gasteiger charge is -2.45. The van der Waals surface area contributed by atoms with Crippen LogP contribution >= 0.6 is 0 Å². The molecule has 0 unspecified atom stereocenters. The first kappa shape index (κ1) is 17.6. The summed E-state index contributed by atoms with van der Waals surface area (Å²) in [5.74, 6) is -2.05. The minimum absolute atomic E-state index is 0.0560. The highest BCUT2D eigenvalue weighted by Crippen LogP contribution is 2.48. The molecular formula is C18H23F2N3O2. The van der Waals surface area contributed by atoms with E-state index in [1.807, 2.05) is 0 Å². The monoisotopic (exact) mass is 351 g/mol. The number of likely N-dealkylation sites (tertiary alicyclic amines) is 1. The number of benzene rings is 1. The summed E-state index contributed by atoms with van der Waals surface area (Å²) in [5, 5.41) is 2.96. The summed E-state index contributed by atoms with van der Waals surface area (Å²) in [5.41, 5.74) is 0.149. The summed E-state index contributed by atoms with van der Waals surface area (Å²) in [7, 11) is 3.40. The van der Waals surface area contributed by atoms with Gasteiger partial charge in [-0.2, -0.15) is 0 Å². The van der Waals surface area contributed by atoms with Crippen LogP contribution in [0.25, 0.3) is 0 Å². The van der Waals surface area contributed by atoms with E-state index in [2.05, 4.69) is 5.32 Å². The predicted molar refractivity (Wildman–Crippen MR) is 88.9 cm³/mol. The van der Waals surface area contributed by atoms with E-state index in [-0.39, 0.29) is 35.4 Å². The highest BCUT2D eigenvalue weighted by Gasteiger charge is 2.49. The number of nitrogens with one attached hydrogen (secondary N) is 1. The third kappa shape index (κ3) is 3.60. The van der Waals surface area contributed by atoms with Gasteiger partial charge in [0.25, 0.3) is 0 Å². The van der Waals surface area contributed by atoms with Crippen molar-refractivity contribution in [2.75, 3.05) is 27.2 Å². The molecule has 2 fully saturated rings. The van der Waals surface area contributed by atoms with E-state index >= 15 is 0 Å². The van der Waals surface area contributed by atoms with Crippen LogP contribution in [0.2, 0.25) is 0 Å². The average Bonchev–Trinajstić information content (AvgIpc) is 2.96. The summed E-state index contributed by atoms with van der Waals surface area (Å²) in [6.07, 6.45) is 2.47. The molecule has 1 aromatic rings. The van der Waals surface area contributed by atoms with Crippen molar-refractivity contribution in [1.29, 1.82) is 0 Å². The fourth-order valence-corrected chi connectivity index (χ4v) is 3.83.